The number of hydrogen-bond donors (Lipinski definition) is 1. The number of benzene rings is 1. The van der Waals surface area contributed by atoms with E-state index in [9.17, 15) is 9.59 Å². The summed E-state index contributed by atoms with van der Waals surface area (Å²) in [4.78, 5) is 30.5. The van der Waals surface area contributed by atoms with Gasteiger partial charge in [-0.05, 0) is 25.5 Å². The maximum atomic E-state index is 13.1. The Bertz CT molecular complexity index is 1300. The summed E-state index contributed by atoms with van der Waals surface area (Å²) in [6.45, 7) is 8.40. The third-order valence-electron chi connectivity index (χ3n) is 4.97. The first-order valence-corrected chi connectivity index (χ1v) is 10.1. The first-order chi connectivity index (χ1) is 14.4. The van der Waals surface area contributed by atoms with Crippen molar-refractivity contribution in [3.8, 4) is 0 Å². The molecular formula is C21H25N7O2. The topological polar surface area (TPSA) is 99.1 Å². The molecule has 0 fully saturated rings. The monoisotopic (exact) mass is 407 g/mol. The van der Waals surface area contributed by atoms with Gasteiger partial charge in [0.1, 0.15) is 18.2 Å². The van der Waals surface area contributed by atoms with Gasteiger partial charge in [-0.1, -0.05) is 32.9 Å². The smallest absolute Gasteiger partial charge is 0.309 e. The molecule has 4 aromatic rings. The van der Waals surface area contributed by atoms with E-state index >= 15 is 0 Å². The molecule has 0 saturated heterocycles. The van der Waals surface area contributed by atoms with Gasteiger partial charge in [0.2, 0.25) is 5.91 Å². The molecule has 0 spiro atoms. The van der Waals surface area contributed by atoms with Crippen LogP contribution in [0.4, 0.5) is 5.82 Å². The molecule has 1 N–H and O–H groups in total. The third-order valence-corrected chi connectivity index (χ3v) is 4.97. The second-order valence-corrected chi connectivity index (χ2v) is 7.69. The van der Waals surface area contributed by atoms with Crippen molar-refractivity contribution >= 4 is 28.3 Å². The molecule has 9 heteroatoms. The number of carbonyl (C=O) groups is 1. The fourth-order valence-corrected chi connectivity index (χ4v) is 3.54. The summed E-state index contributed by atoms with van der Waals surface area (Å²) in [5.41, 5.74) is 1.78. The van der Waals surface area contributed by atoms with Crippen LogP contribution in [0.2, 0.25) is 0 Å². The lowest BCUT2D eigenvalue weighted by atomic mass is 10.2. The Kier molecular flexibility index (Phi) is 5.11. The molecule has 0 unspecified atom stereocenters. The van der Waals surface area contributed by atoms with E-state index in [1.165, 1.54) is 9.08 Å². The van der Waals surface area contributed by atoms with E-state index in [0.29, 0.717) is 23.8 Å². The highest BCUT2D eigenvalue weighted by Crippen LogP contribution is 2.21. The summed E-state index contributed by atoms with van der Waals surface area (Å²) in [7, 11) is 0. The summed E-state index contributed by atoms with van der Waals surface area (Å²) in [5, 5.41) is 12.4. The van der Waals surface area contributed by atoms with Gasteiger partial charge < -0.3 is 5.32 Å². The standard InChI is InChI=1S/C21H25N7O2/c1-5-10-26-19(14(4)11-22-26)24-17(29)12-27-21(30)28-18(13(2)3)23-16-9-7-6-8-15(16)20(28)25-27/h6-9,11,13H,5,10,12H2,1-4H3,(H,24,29). The predicted octanol–water partition coefficient (Wildman–Crippen LogP) is 2.72. The number of fused-ring (bicyclic) bond motifs is 3. The Morgan fingerprint density at radius 1 is 1.20 bits per heavy atom. The number of carbonyl (C=O) groups excluding carboxylic acids is 1. The summed E-state index contributed by atoms with van der Waals surface area (Å²) in [6.07, 6.45) is 2.61. The molecule has 0 bridgehead atoms. The second kappa shape index (κ2) is 7.74. The Balaban J connectivity index is 1.73. The average Bonchev–Trinajstić information content (AvgIpc) is 3.22. The molecule has 30 heavy (non-hydrogen) atoms. The Labute approximate surface area is 173 Å². The third kappa shape index (κ3) is 3.36. The first-order valence-electron chi connectivity index (χ1n) is 10.1. The van der Waals surface area contributed by atoms with E-state index in [0.717, 1.165) is 22.9 Å². The van der Waals surface area contributed by atoms with Crippen LogP contribution < -0.4 is 11.0 Å². The first kappa shape index (κ1) is 19.8. The van der Waals surface area contributed by atoms with Gasteiger partial charge in [0.25, 0.3) is 0 Å². The van der Waals surface area contributed by atoms with Crippen molar-refractivity contribution in [2.75, 3.05) is 5.32 Å². The van der Waals surface area contributed by atoms with Gasteiger partial charge in [-0.25, -0.2) is 23.5 Å². The molecule has 0 aliphatic carbocycles. The molecule has 0 radical (unpaired) electrons. The van der Waals surface area contributed by atoms with Crippen molar-refractivity contribution in [1.29, 1.82) is 0 Å². The summed E-state index contributed by atoms with van der Waals surface area (Å²) in [6, 6.07) is 7.56. The minimum atomic E-state index is -0.374. The van der Waals surface area contributed by atoms with Crippen molar-refractivity contribution in [2.24, 2.45) is 0 Å². The number of para-hydroxylation sites is 1. The fourth-order valence-electron chi connectivity index (χ4n) is 3.54. The van der Waals surface area contributed by atoms with Crippen LogP contribution in [0.1, 0.15) is 44.5 Å². The lowest BCUT2D eigenvalue weighted by Gasteiger charge is -2.09. The van der Waals surface area contributed by atoms with Gasteiger partial charge in [-0.2, -0.15) is 5.10 Å². The normalized spacial score (nSPS) is 11.6. The highest BCUT2D eigenvalue weighted by atomic mass is 16.2. The largest absolute Gasteiger partial charge is 0.352 e. The van der Waals surface area contributed by atoms with Gasteiger partial charge in [0.05, 0.1) is 11.7 Å². The van der Waals surface area contributed by atoms with Crippen LogP contribution in [0.3, 0.4) is 0 Å². The maximum Gasteiger partial charge on any atom is 0.352 e. The minimum Gasteiger partial charge on any atom is -0.309 e. The Hall–Kier alpha value is -3.49. The van der Waals surface area contributed by atoms with Crippen LogP contribution in [0.25, 0.3) is 16.6 Å². The molecule has 3 aromatic heterocycles. The lowest BCUT2D eigenvalue weighted by Crippen LogP contribution is -2.30. The molecule has 156 valence electrons. The zero-order chi connectivity index (χ0) is 21.4. The highest BCUT2D eigenvalue weighted by Gasteiger charge is 2.19. The molecule has 0 saturated carbocycles. The molecule has 1 amide bonds. The molecule has 9 nitrogen and oxygen atoms in total. The quantitative estimate of drug-likeness (QED) is 0.530. The molecule has 0 aliphatic rings. The van der Waals surface area contributed by atoms with Crippen LogP contribution in [0.15, 0.2) is 35.3 Å². The van der Waals surface area contributed by atoms with E-state index < -0.39 is 0 Å². The molecule has 3 heterocycles. The Morgan fingerprint density at radius 3 is 2.70 bits per heavy atom. The van der Waals surface area contributed by atoms with E-state index in [1.54, 1.807) is 10.9 Å². The summed E-state index contributed by atoms with van der Waals surface area (Å²) in [5.74, 6) is 0.961. The minimum absolute atomic E-state index is 0.0207. The van der Waals surface area contributed by atoms with E-state index in [1.807, 2.05) is 52.0 Å². The number of anilines is 1. The summed E-state index contributed by atoms with van der Waals surface area (Å²) >= 11 is 0. The van der Waals surface area contributed by atoms with Crippen molar-refractivity contribution in [3.63, 3.8) is 0 Å². The Morgan fingerprint density at radius 2 is 1.97 bits per heavy atom. The van der Waals surface area contributed by atoms with Crippen molar-refractivity contribution in [2.45, 2.75) is 53.1 Å². The molecule has 0 atom stereocenters. The van der Waals surface area contributed by atoms with Crippen molar-refractivity contribution in [1.82, 2.24) is 28.9 Å². The van der Waals surface area contributed by atoms with Crippen LogP contribution in [0.5, 0.6) is 0 Å². The predicted molar refractivity (Wildman–Crippen MR) is 115 cm³/mol. The zero-order valence-corrected chi connectivity index (χ0v) is 17.6. The van der Waals surface area contributed by atoms with E-state index in [4.69, 9.17) is 0 Å². The number of rotatable bonds is 6. The number of nitrogens with one attached hydrogen (secondary N) is 1. The average molecular weight is 407 g/mol. The van der Waals surface area contributed by atoms with Gasteiger partial charge in [0.15, 0.2) is 5.65 Å². The maximum absolute atomic E-state index is 13.1. The van der Waals surface area contributed by atoms with Crippen LogP contribution in [0, 0.1) is 6.92 Å². The lowest BCUT2D eigenvalue weighted by molar-refractivity contribution is -0.117. The molecule has 4 rings (SSSR count). The molecule has 0 aliphatic heterocycles. The van der Waals surface area contributed by atoms with Gasteiger partial charge in [-0.3, -0.25) is 4.79 Å². The van der Waals surface area contributed by atoms with Gasteiger partial charge in [0, 0.05) is 23.4 Å². The number of hydrogen-bond acceptors (Lipinski definition) is 5. The number of aromatic nitrogens is 6. The second-order valence-electron chi connectivity index (χ2n) is 7.69. The fraction of sp³-hybridized carbons (Fsp3) is 0.381. The van der Waals surface area contributed by atoms with E-state index in [2.05, 4.69) is 20.5 Å². The zero-order valence-electron chi connectivity index (χ0n) is 17.6. The number of nitrogens with zero attached hydrogens (tertiary/aromatic N) is 6. The number of aryl methyl sites for hydroxylation is 2. The van der Waals surface area contributed by atoms with Crippen LogP contribution in [-0.2, 0) is 17.9 Å². The highest BCUT2D eigenvalue weighted by molar-refractivity contribution is 5.92. The molecular weight excluding hydrogens is 382 g/mol. The number of amides is 1. The van der Waals surface area contributed by atoms with Crippen LogP contribution >= 0.6 is 0 Å². The van der Waals surface area contributed by atoms with Crippen molar-refractivity contribution in [3.05, 3.63) is 52.3 Å². The SMILES string of the molecule is CCCn1ncc(C)c1NC(=O)Cn1nc2c3ccccc3nc(C(C)C)n2c1=O. The van der Waals surface area contributed by atoms with E-state index in [-0.39, 0.29) is 24.1 Å². The van der Waals surface area contributed by atoms with Crippen molar-refractivity contribution < 1.29 is 4.79 Å². The van der Waals surface area contributed by atoms with Crippen LogP contribution in [-0.4, -0.2) is 34.9 Å². The van der Waals surface area contributed by atoms with Gasteiger partial charge >= 0.3 is 5.69 Å². The summed E-state index contributed by atoms with van der Waals surface area (Å²) < 4.78 is 4.46. The molecule has 1 aromatic carbocycles. The van der Waals surface area contributed by atoms with Gasteiger partial charge in [-0.15, -0.1) is 5.10 Å².